The Morgan fingerprint density at radius 3 is 2.42 bits per heavy atom. The summed E-state index contributed by atoms with van der Waals surface area (Å²) in [6.45, 7) is 3.12. The van der Waals surface area contributed by atoms with Gasteiger partial charge in [0.1, 0.15) is 5.82 Å². The summed E-state index contributed by atoms with van der Waals surface area (Å²) in [6, 6.07) is 10.7. The molecule has 10 heteroatoms. The maximum atomic E-state index is 14.6. The van der Waals surface area contributed by atoms with Crippen LogP contribution in [-0.4, -0.2) is 49.5 Å². The summed E-state index contributed by atoms with van der Waals surface area (Å²) in [5.74, 6) is -0.368. The number of carbonyl (C=O) groups excluding carboxylic acids is 1. The van der Waals surface area contributed by atoms with Gasteiger partial charge in [-0.3, -0.25) is 4.79 Å². The van der Waals surface area contributed by atoms with Crippen LogP contribution in [0.4, 0.5) is 17.6 Å². The first kappa shape index (κ1) is 22.8. The molecule has 0 aromatic heterocycles. The van der Waals surface area contributed by atoms with Gasteiger partial charge in [0.2, 0.25) is 0 Å². The lowest BCUT2D eigenvalue weighted by molar-refractivity contribution is -0.137. The molecule has 0 radical (unpaired) electrons. The maximum Gasteiger partial charge on any atom is 0.416 e. The van der Waals surface area contributed by atoms with E-state index in [0.717, 1.165) is 38.3 Å². The fourth-order valence-electron chi connectivity index (χ4n) is 3.70. The van der Waals surface area contributed by atoms with Gasteiger partial charge in [-0.25, -0.2) is 9.38 Å². The van der Waals surface area contributed by atoms with E-state index in [0.29, 0.717) is 17.2 Å². The smallest absolute Gasteiger partial charge is 0.348 e. The van der Waals surface area contributed by atoms with Gasteiger partial charge in [0, 0.05) is 38.3 Å². The molecular formula is C23H23F4N5O. The highest BCUT2D eigenvalue weighted by molar-refractivity contribution is 6.06. The lowest BCUT2D eigenvalue weighted by atomic mass is 10.0. The summed E-state index contributed by atoms with van der Waals surface area (Å²) in [6.07, 6.45) is -4.42. The van der Waals surface area contributed by atoms with Gasteiger partial charge in [0.25, 0.3) is 5.91 Å². The van der Waals surface area contributed by atoms with Crippen molar-refractivity contribution in [3.63, 3.8) is 0 Å². The molecule has 2 aromatic carbocycles. The van der Waals surface area contributed by atoms with E-state index in [4.69, 9.17) is 0 Å². The molecule has 2 aliphatic heterocycles. The largest absolute Gasteiger partial charge is 0.416 e. The lowest BCUT2D eigenvalue weighted by Crippen LogP contribution is -2.52. The summed E-state index contributed by atoms with van der Waals surface area (Å²) in [5, 5.41) is 9.10. The molecule has 0 saturated carbocycles. The van der Waals surface area contributed by atoms with Gasteiger partial charge in [-0.2, -0.15) is 13.2 Å². The minimum atomic E-state index is -4.42. The second-order valence-electron chi connectivity index (χ2n) is 7.71. The molecule has 0 atom stereocenters. The first-order valence-corrected chi connectivity index (χ1v) is 10.5. The zero-order chi connectivity index (χ0) is 23.4. The number of alkyl halides is 3. The van der Waals surface area contributed by atoms with Crippen molar-refractivity contribution < 1.29 is 22.4 Å². The zero-order valence-electron chi connectivity index (χ0n) is 17.7. The average molecular weight is 461 g/mol. The van der Waals surface area contributed by atoms with Crippen molar-refractivity contribution in [3.05, 3.63) is 76.6 Å². The van der Waals surface area contributed by atoms with Crippen molar-refractivity contribution in [2.45, 2.75) is 12.7 Å². The Morgan fingerprint density at radius 1 is 1.06 bits per heavy atom. The van der Waals surface area contributed by atoms with Crippen LogP contribution in [0, 0.1) is 5.82 Å². The van der Waals surface area contributed by atoms with Crippen LogP contribution >= 0.6 is 0 Å². The molecule has 174 valence electrons. The van der Waals surface area contributed by atoms with E-state index in [9.17, 15) is 22.4 Å². The minimum absolute atomic E-state index is 0.0272. The Labute approximate surface area is 188 Å². The summed E-state index contributed by atoms with van der Waals surface area (Å²) in [7, 11) is 0. The monoisotopic (exact) mass is 461 g/mol. The van der Waals surface area contributed by atoms with E-state index in [1.165, 1.54) is 18.2 Å². The van der Waals surface area contributed by atoms with Crippen molar-refractivity contribution >= 4 is 17.6 Å². The van der Waals surface area contributed by atoms with Gasteiger partial charge in [-0.1, -0.05) is 24.3 Å². The number of nitrogens with one attached hydrogen (secondary N) is 3. The number of nitrogens with zero attached hydrogens (tertiary/aromatic N) is 2. The van der Waals surface area contributed by atoms with Crippen molar-refractivity contribution in [3.8, 4) is 0 Å². The summed E-state index contributed by atoms with van der Waals surface area (Å²) in [4.78, 5) is 19.5. The molecule has 1 saturated heterocycles. The standard InChI is InChI=1S/C23H23F4N5O/c24-19-4-2-1-3-17(19)20-18(14-30-22(31-20)32-11-9-28-10-12-32)21(33)29-13-15-5-7-16(8-6-15)23(25,26)27/h1-8,28H,9-14H2,(H,29,33)(H,30,31). The molecule has 0 unspecified atom stereocenters. The fourth-order valence-corrected chi connectivity index (χ4v) is 3.70. The van der Waals surface area contributed by atoms with E-state index in [2.05, 4.69) is 20.9 Å². The number of piperazine rings is 1. The third-order valence-corrected chi connectivity index (χ3v) is 5.49. The normalized spacial score (nSPS) is 16.8. The van der Waals surface area contributed by atoms with Gasteiger partial charge >= 0.3 is 6.18 Å². The number of halogens is 4. The van der Waals surface area contributed by atoms with Gasteiger partial charge in [-0.05, 0) is 29.8 Å². The third-order valence-electron chi connectivity index (χ3n) is 5.49. The molecule has 2 aliphatic rings. The Bertz CT molecular complexity index is 1070. The molecule has 2 heterocycles. The van der Waals surface area contributed by atoms with Crippen molar-refractivity contribution in [1.29, 1.82) is 0 Å². The van der Waals surface area contributed by atoms with Crippen LogP contribution in [0.15, 0.2) is 59.1 Å². The van der Waals surface area contributed by atoms with Crippen LogP contribution in [0.25, 0.3) is 5.70 Å². The Kier molecular flexibility index (Phi) is 6.64. The average Bonchev–Trinajstić information content (AvgIpc) is 2.83. The predicted octanol–water partition coefficient (Wildman–Crippen LogP) is 2.74. The fraction of sp³-hybridized carbons (Fsp3) is 0.304. The van der Waals surface area contributed by atoms with Crippen LogP contribution in [0.1, 0.15) is 16.7 Å². The van der Waals surface area contributed by atoms with Crippen molar-refractivity contribution in [1.82, 2.24) is 20.9 Å². The maximum absolute atomic E-state index is 14.6. The molecule has 0 bridgehead atoms. The molecule has 1 amide bonds. The molecule has 1 fully saturated rings. The topological polar surface area (TPSA) is 68.8 Å². The minimum Gasteiger partial charge on any atom is -0.348 e. The Hall–Kier alpha value is -3.40. The highest BCUT2D eigenvalue weighted by Crippen LogP contribution is 2.29. The molecule has 33 heavy (non-hydrogen) atoms. The highest BCUT2D eigenvalue weighted by atomic mass is 19.4. The van der Waals surface area contributed by atoms with E-state index < -0.39 is 23.5 Å². The number of carbonyl (C=O) groups is 1. The van der Waals surface area contributed by atoms with E-state index in [1.54, 1.807) is 18.2 Å². The highest BCUT2D eigenvalue weighted by Gasteiger charge is 2.30. The van der Waals surface area contributed by atoms with Crippen molar-refractivity contribution in [2.24, 2.45) is 4.99 Å². The van der Waals surface area contributed by atoms with E-state index in [-0.39, 0.29) is 24.2 Å². The zero-order valence-corrected chi connectivity index (χ0v) is 17.7. The van der Waals surface area contributed by atoms with Crippen LogP contribution in [-0.2, 0) is 17.5 Å². The molecule has 4 rings (SSSR count). The molecule has 0 spiro atoms. The third kappa shape index (κ3) is 5.33. The second kappa shape index (κ2) is 9.62. The number of aliphatic imine (C=N–C) groups is 1. The number of guanidine groups is 1. The van der Waals surface area contributed by atoms with E-state index in [1.807, 2.05) is 4.90 Å². The summed E-state index contributed by atoms with van der Waals surface area (Å²) in [5.41, 5.74) is 0.596. The molecule has 3 N–H and O–H groups in total. The molecular weight excluding hydrogens is 438 g/mol. The quantitative estimate of drug-likeness (QED) is 0.613. The van der Waals surface area contributed by atoms with Crippen LogP contribution in [0.3, 0.4) is 0 Å². The summed E-state index contributed by atoms with van der Waals surface area (Å²) < 4.78 is 52.8. The van der Waals surface area contributed by atoms with Gasteiger partial charge in [0.15, 0.2) is 5.96 Å². The predicted molar refractivity (Wildman–Crippen MR) is 116 cm³/mol. The number of hydrogen-bond acceptors (Lipinski definition) is 5. The number of benzene rings is 2. The molecule has 2 aromatic rings. The first-order valence-electron chi connectivity index (χ1n) is 10.5. The van der Waals surface area contributed by atoms with Gasteiger partial charge in [-0.15, -0.1) is 0 Å². The first-order chi connectivity index (χ1) is 15.8. The molecule has 6 nitrogen and oxygen atoms in total. The second-order valence-corrected chi connectivity index (χ2v) is 7.71. The van der Waals surface area contributed by atoms with Gasteiger partial charge < -0.3 is 20.9 Å². The number of amides is 1. The van der Waals surface area contributed by atoms with Crippen LogP contribution < -0.4 is 16.0 Å². The van der Waals surface area contributed by atoms with Crippen molar-refractivity contribution in [2.75, 3.05) is 32.7 Å². The Morgan fingerprint density at radius 2 is 1.76 bits per heavy atom. The Balaban J connectivity index is 1.53. The number of hydrogen-bond donors (Lipinski definition) is 3. The number of rotatable bonds is 4. The lowest BCUT2D eigenvalue weighted by Gasteiger charge is -2.33. The summed E-state index contributed by atoms with van der Waals surface area (Å²) >= 11 is 0. The SMILES string of the molecule is O=C(NCc1ccc(C(F)(F)F)cc1)C1=C(c2ccccc2F)NC(N2CCNCC2)=NC1. The van der Waals surface area contributed by atoms with Crippen LogP contribution in [0.2, 0.25) is 0 Å². The van der Waals surface area contributed by atoms with Gasteiger partial charge in [0.05, 0.1) is 23.4 Å². The van der Waals surface area contributed by atoms with E-state index >= 15 is 0 Å². The molecule has 0 aliphatic carbocycles. The van der Waals surface area contributed by atoms with Crippen LogP contribution in [0.5, 0.6) is 0 Å².